The quantitative estimate of drug-likeness (QED) is 0.375. The first-order valence-electron chi connectivity index (χ1n) is 0. The normalized spacial score (nSPS) is 0. The van der Waals surface area contributed by atoms with Crippen LogP contribution in [0.3, 0.4) is 0 Å². The van der Waals surface area contributed by atoms with Crippen molar-refractivity contribution >= 4 is 0 Å². The molecule has 0 bridgehead atoms. The molecule has 20 N–H and O–H groups in total. The van der Waals surface area contributed by atoms with Gasteiger partial charge in [-0.3, -0.25) is 0 Å². The van der Waals surface area contributed by atoms with Gasteiger partial charge in [-0.25, -0.2) is 0 Å². The maximum Gasteiger partial charge on any atom is 0 e. The molecule has 0 heterocycles. The Morgan fingerprint density at radius 2 is 0.167 bits per heavy atom. The molecule has 0 atom stereocenters. The van der Waals surface area contributed by atoms with Gasteiger partial charge in [0, 0.05) is 34.1 Å². The van der Waals surface area contributed by atoms with Crippen LogP contribution >= 0.6 is 0 Å². The average Bonchev–Trinajstić information content (AvgIpc) is 0. The van der Waals surface area contributed by atoms with Gasteiger partial charge in [-0.15, -0.1) is 0 Å². The van der Waals surface area contributed by atoms with Crippen molar-refractivity contribution in [2.45, 2.75) is 0 Å². The summed E-state index contributed by atoms with van der Waals surface area (Å²) in [6.07, 6.45) is 0. The van der Waals surface area contributed by atoms with Crippen LogP contribution < -0.4 is 0 Å². The van der Waals surface area contributed by atoms with Gasteiger partial charge in [0.15, 0.2) is 0 Å². The summed E-state index contributed by atoms with van der Waals surface area (Å²) in [4.78, 5) is 0. The fourth-order valence-corrected chi connectivity index (χ4v) is 0. The minimum absolute atomic E-state index is 0. The van der Waals surface area contributed by atoms with Crippen molar-refractivity contribution in [3.05, 3.63) is 0 Å². The second-order valence-electron chi connectivity index (χ2n) is 0. The third kappa shape index (κ3) is 2420. The fourth-order valence-electron chi connectivity index (χ4n) is 0. The molecule has 0 saturated heterocycles. The van der Waals surface area contributed by atoms with E-state index in [1.807, 2.05) is 0 Å². The summed E-state index contributed by atoms with van der Waals surface area (Å²) < 4.78 is 0. The molecule has 0 fully saturated rings. The number of hydrogen-bond donors (Lipinski definition) is 0. The molecule has 0 aliphatic heterocycles. The molecule has 0 aromatic rings. The first-order chi connectivity index (χ1) is 0. The minimum Gasteiger partial charge on any atom is -0.412 e. The molecular weight excluding hydrogens is 272 g/mol. The summed E-state index contributed by atoms with van der Waals surface area (Å²) in [5.74, 6) is 0. The Hall–Kier alpha value is 0.639. The van der Waals surface area contributed by atoms with Crippen molar-refractivity contribution in [1.82, 2.24) is 0 Å². The Bertz CT molecular complexity index is 7.80. The monoisotopic (exact) mass is 292 g/mol. The van der Waals surface area contributed by atoms with Gasteiger partial charge in [0.2, 0.25) is 0 Å². The first-order valence-corrected chi connectivity index (χ1v) is 0. The first kappa shape index (κ1) is 4190. The zero-order valence-corrected chi connectivity index (χ0v) is 7.92. The largest absolute Gasteiger partial charge is 0.412 e. The average molecular weight is 292 g/mol. The molecule has 0 saturated carbocycles. The van der Waals surface area contributed by atoms with E-state index in [-0.39, 0.29) is 88.9 Å². The van der Waals surface area contributed by atoms with Crippen molar-refractivity contribution in [2.75, 3.05) is 0 Å². The third-order valence-electron chi connectivity index (χ3n) is 0. The molecule has 0 aliphatic carbocycles. The zero-order valence-electron chi connectivity index (χ0n) is 5.71. The molecule has 0 spiro atoms. The summed E-state index contributed by atoms with van der Waals surface area (Å²) in [6.45, 7) is 0. The van der Waals surface area contributed by atoms with E-state index in [0.29, 0.717) is 0 Å². The molecule has 0 aliphatic rings. The van der Waals surface area contributed by atoms with Gasteiger partial charge in [-0.1, -0.05) is 0 Å². The van der Waals surface area contributed by atoms with Crippen LogP contribution in [0.15, 0.2) is 0 Å². The second kappa shape index (κ2) is 3230. The molecule has 0 rings (SSSR count). The third-order valence-corrected chi connectivity index (χ3v) is 0. The van der Waals surface area contributed by atoms with E-state index in [1.165, 1.54) is 0 Å². The molecule has 0 unspecified atom stereocenters. The van der Waals surface area contributed by atoms with Crippen molar-refractivity contribution in [3.63, 3.8) is 0 Å². The van der Waals surface area contributed by atoms with E-state index < -0.39 is 0 Å². The molecule has 96 valence electrons. The van der Waals surface area contributed by atoms with E-state index in [1.54, 1.807) is 0 Å². The summed E-state index contributed by atoms with van der Waals surface area (Å²) in [5.41, 5.74) is 0. The molecule has 0 radical (unpaired) electrons. The molecular formula is H20Fe2O10. The van der Waals surface area contributed by atoms with Crippen LogP contribution in [-0.2, 0) is 34.1 Å². The zero-order chi connectivity index (χ0) is 0. The van der Waals surface area contributed by atoms with Crippen molar-refractivity contribution in [2.24, 2.45) is 0 Å². The van der Waals surface area contributed by atoms with Gasteiger partial charge in [-0.2, -0.15) is 0 Å². The van der Waals surface area contributed by atoms with Crippen LogP contribution in [0, 0.1) is 0 Å². The Morgan fingerprint density at radius 3 is 0.167 bits per heavy atom. The maximum absolute atomic E-state index is 0. The van der Waals surface area contributed by atoms with Crippen LogP contribution in [-0.4, -0.2) is 54.8 Å². The van der Waals surface area contributed by atoms with Gasteiger partial charge in [0.05, 0.1) is 0 Å². The molecule has 12 heteroatoms. The van der Waals surface area contributed by atoms with Gasteiger partial charge >= 0.3 is 0 Å². The summed E-state index contributed by atoms with van der Waals surface area (Å²) in [5, 5.41) is 0. The van der Waals surface area contributed by atoms with Crippen LogP contribution in [0.4, 0.5) is 0 Å². The Kier molecular flexibility index (Phi) is 1130000. The van der Waals surface area contributed by atoms with E-state index in [9.17, 15) is 0 Å². The maximum atomic E-state index is 0. The van der Waals surface area contributed by atoms with Crippen LogP contribution in [0.1, 0.15) is 0 Å². The smallest absolute Gasteiger partial charge is 0 e. The van der Waals surface area contributed by atoms with Crippen molar-refractivity contribution in [3.8, 4) is 0 Å². The van der Waals surface area contributed by atoms with E-state index in [4.69, 9.17) is 0 Å². The van der Waals surface area contributed by atoms with Crippen molar-refractivity contribution < 1.29 is 88.9 Å². The summed E-state index contributed by atoms with van der Waals surface area (Å²) >= 11 is 0. The van der Waals surface area contributed by atoms with Crippen LogP contribution in [0.5, 0.6) is 0 Å². The predicted octanol–water partition coefficient (Wildman–Crippen LogP) is -8.25. The molecule has 12 heavy (non-hydrogen) atoms. The second-order valence-corrected chi connectivity index (χ2v) is 0. The van der Waals surface area contributed by atoms with Gasteiger partial charge in [0.25, 0.3) is 0 Å². The molecule has 0 amide bonds. The van der Waals surface area contributed by atoms with E-state index in [0.717, 1.165) is 0 Å². The van der Waals surface area contributed by atoms with Gasteiger partial charge in [0.1, 0.15) is 0 Å². The van der Waals surface area contributed by atoms with Gasteiger partial charge < -0.3 is 54.8 Å². The van der Waals surface area contributed by atoms with Gasteiger partial charge in [-0.05, 0) is 0 Å². The standard InChI is InChI=1S/2Fe.10H2O/h;;10*1H2. The number of rotatable bonds is 0. The number of hydrogen-bond acceptors (Lipinski definition) is 0. The van der Waals surface area contributed by atoms with Crippen molar-refractivity contribution in [1.29, 1.82) is 0 Å². The fraction of sp³-hybridized carbons (Fsp3) is 0. The Labute approximate surface area is 89.4 Å². The topological polar surface area (TPSA) is 315 Å². The van der Waals surface area contributed by atoms with Crippen LogP contribution in [0.2, 0.25) is 0 Å². The Morgan fingerprint density at radius 1 is 0.167 bits per heavy atom. The van der Waals surface area contributed by atoms with E-state index >= 15 is 0 Å². The van der Waals surface area contributed by atoms with E-state index in [2.05, 4.69) is 0 Å². The molecule has 10 nitrogen and oxygen atoms in total. The predicted molar refractivity (Wildman–Crippen MR) is 36.1 cm³/mol. The SMILES string of the molecule is O.O.O.O.O.O.O.O.O.O.[Fe].[Fe]. The van der Waals surface area contributed by atoms with Crippen LogP contribution in [0.25, 0.3) is 0 Å². The summed E-state index contributed by atoms with van der Waals surface area (Å²) in [7, 11) is 0. The minimum atomic E-state index is 0. The summed E-state index contributed by atoms with van der Waals surface area (Å²) in [6, 6.07) is 0. The Balaban J connectivity index is 0. The molecule has 0 aromatic carbocycles. The molecule has 0 aromatic heterocycles.